The molecule has 0 radical (unpaired) electrons. The number of hydrogen-bond acceptors (Lipinski definition) is 3. The smallest absolute Gasteiger partial charge is 0.220 e. The third kappa shape index (κ3) is 39.8. The van der Waals surface area contributed by atoms with Crippen molar-refractivity contribution in [3.8, 4) is 0 Å². The van der Waals surface area contributed by atoms with Crippen LogP contribution in [0.25, 0.3) is 0 Å². The van der Waals surface area contributed by atoms with Crippen LogP contribution < -0.4 is 5.32 Å². The van der Waals surface area contributed by atoms with Crippen molar-refractivity contribution in [1.82, 2.24) is 5.32 Å². The molecule has 0 aromatic rings. The van der Waals surface area contributed by atoms with Gasteiger partial charge < -0.3 is 15.5 Å². The van der Waals surface area contributed by atoms with E-state index < -0.39 is 12.1 Å². The fourth-order valence-electron chi connectivity index (χ4n) is 7.03. The largest absolute Gasteiger partial charge is 0.394 e. The van der Waals surface area contributed by atoms with E-state index in [0.29, 0.717) is 6.42 Å². The Kier molecular flexibility index (Phi) is 42.8. The lowest BCUT2D eigenvalue weighted by Crippen LogP contribution is -2.45. The quantitative estimate of drug-likeness (QED) is 0.0433. The molecule has 0 heterocycles. The monoisotopic (exact) mass is 730 g/mol. The van der Waals surface area contributed by atoms with Gasteiger partial charge in [0.2, 0.25) is 5.91 Å². The molecule has 2 unspecified atom stereocenters. The molecule has 0 saturated heterocycles. The van der Waals surface area contributed by atoms with Gasteiger partial charge in [0.25, 0.3) is 0 Å². The summed E-state index contributed by atoms with van der Waals surface area (Å²) in [6.07, 6.45) is 58.5. The lowest BCUT2D eigenvalue weighted by Gasteiger charge is -2.19. The van der Waals surface area contributed by atoms with E-state index in [0.717, 1.165) is 38.5 Å². The summed E-state index contributed by atoms with van der Waals surface area (Å²) in [6.45, 7) is 4.29. The van der Waals surface area contributed by atoms with Gasteiger partial charge in [-0.25, -0.2) is 0 Å². The molecule has 0 rings (SSSR count). The standard InChI is InChI=1S/C48H91NO3/c1-3-5-7-9-11-13-15-16-17-18-19-20-21-22-23-24-25-26-27-28-29-30-31-32-34-35-37-39-41-43-47(51)46(45-50)49-48(52)44-42-40-38-36-33-14-12-10-8-6-4-2/h29-30,34-35,41,43,46-47,50-51H,3-28,31-33,36-40,42,44-45H2,1-2H3,(H,49,52)/b30-29+,35-34+,43-41+. The van der Waals surface area contributed by atoms with Crippen LogP contribution >= 0.6 is 0 Å². The van der Waals surface area contributed by atoms with E-state index in [9.17, 15) is 15.0 Å². The van der Waals surface area contributed by atoms with Crippen molar-refractivity contribution < 1.29 is 15.0 Å². The molecular formula is C48H91NO3. The maximum absolute atomic E-state index is 12.3. The van der Waals surface area contributed by atoms with Crippen LogP contribution in [0.2, 0.25) is 0 Å². The lowest BCUT2D eigenvalue weighted by molar-refractivity contribution is -0.123. The maximum atomic E-state index is 12.3. The molecule has 2 atom stereocenters. The van der Waals surface area contributed by atoms with Crippen LogP contribution in [0.1, 0.15) is 245 Å². The highest BCUT2D eigenvalue weighted by atomic mass is 16.3. The Balaban J connectivity index is 3.55. The van der Waals surface area contributed by atoms with Crippen molar-refractivity contribution in [2.24, 2.45) is 0 Å². The molecule has 0 aliphatic heterocycles. The van der Waals surface area contributed by atoms with E-state index in [4.69, 9.17) is 0 Å². The molecular weight excluding hydrogens is 639 g/mol. The topological polar surface area (TPSA) is 69.6 Å². The Hall–Kier alpha value is -1.39. The van der Waals surface area contributed by atoms with Crippen molar-refractivity contribution in [2.45, 2.75) is 257 Å². The number of nitrogens with one attached hydrogen (secondary N) is 1. The van der Waals surface area contributed by atoms with Gasteiger partial charge in [0.1, 0.15) is 0 Å². The number of hydrogen-bond donors (Lipinski definition) is 3. The van der Waals surface area contributed by atoms with Crippen LogP contribution in [0.3, 0.4) is 0 Å². The number of rotatable bonds is 42. The molecule has 0 saturated carbocycles. The fourth-order valence-corrected chi connectivity index (χ4v) is 7.03. The second-order valence-electron chi connectivity index (χ2n) is 15.8. The van der Waals surface area contributed by atoms with Crippen LogP contribution in [0.5, 0.6) is 0 Å². The molecule has 4 heteroatoms. The summed E-state index contributed by atoms with van der Waals surface area (Å²) in [4.78, 5) is 12.3. The molecule has 0 bridgehead atoms. The highest BCUT2D eigenvalue weighted by Gasteiger charge is 2.17. The van der Waals surface area contributed by atoms with Crippen LogP contribution in [-0.4, -0.2) is 34.9 Å². The molecule has 3 N–H and O–H groups in total. The second kappa shape index (κ2) is 44.0. The Morgan fingerprint density at radius 2 is 0.750 bits per heavy atom. The van der Waals surface area contributed by atoms with Gasteiger partial charge in [0, 0.05) is 6.42 Å². The Morgan fingerprint density at radius 3 is 1.12 bits per heavy atom. The summed E-state index contributed by atoms with van der Waals surface area (Å²) < 4.78 is 0. The number of aliphatic hydroxyl groups is 2. The van der Waals surface area contributed by atoms with E-state index in [1.165, 1.54) is 186 Å². The molecule has 52 heavy (non-hydrogen) atoms. The van der Waals surface area contributed by atoms with Gasteiger partial charge >= 0.3 is 0 Å². The number of allylic oxidation sites excluding steroid dienone is 5. The van der Waals surface area contributed by atoms with E-state index >= 15 is 0 Å². The minimum Gasteiger partial charge on any atom is -0.394 e. The first kappa shape index (κ1) is 50.6. The predicted molar refractivity (Wildman–Crippen MR) is 230 cm³/mol. The first-order valence-corrected chi connectivity index (χ1v) is 23.2. The van der Waals surface area contributed by atoms with E-state index in [1.54, 1.807) is 6.08 Å². The van der Waals surface area contributed by atoms with Crippen molar-refractivity contribution in [2.75, 3.05) is 6.61 Å². The summed E-state index contributed by atoms with van der Waals surface area (Å²) in [5.41, 5.74) is 0. The van der Waals surface area contributed by atoms with Crippen molar-refractivity contribution in [1.29, 1.82) is 0 Å². The summed E-state index contributed by atoms with van der Waals surface area (Å²) in [5, 5.41) is 22.9. The SMILES string of the molecule is CCCCCCCCCCCCCCCCCCCCC/C=C/CC/C=C/CC/C=C/C(O)C(CO)NC(=O)CCCCCCCCCCCCC. The summed E-state index contributed by atoms with van der Waals surface area (Å²) in [7, 11) is 0. The lowest BCUT2D eigenvalue weighted by atomic mass is 10.0. The van der Waals surface area contributed by atoms with Crippen LogP contribution in [0.15, 0.2) is 36.5 Å². The molecule has 0 aliphatic carbocycles. The van der Waals surface area contributed by atoms with E-state index in [-0.39, 0.29) is 12.5 Å². The van der Waals surface area contributed by atoms with Crippen molar-refractivity contribution in [3.05, 3.63) is 36.5 Å². The predicted octanol–water partition coefficient (Wildman–Crippen LogP) is 14.6. The van der Waals surface area contributed by atoms with Crippen LogP contribution in [-0.2, 0) is 4.79 Å². The first-order chi connectivity index (χ1) is 25.7. The molecule has 0 aliphatic rings. The molecule has 1 amide bonds. The summed E-state index contributed by atoms with van der Waals surface area (Å²) in [5.74, 6) is -0.0787. The average Bonchev–Trinajstić information content (AvgIpc) is 3.15. The van der Waals surface area contributed by atoms with Crippen LogP contribution in [0, 0.1) is 0 Å². The van der Waals surface area contributed by atoms with Crippen molar-refractivity contribution >= 4 is 5.91 Å². The average molecular weight is 730 g/mol. The molecule has 4 nitrogen and oxygen atoms in total. The zero-order valence-corrected chi connectivity index (χ0v) is 35.1. The number of amides is 1. The van der Waals surface area contributed by atoms with E-state index in [1.807, 2.05) is 6.08 Å². The number of aliphatic hydroxyl groups excluding tert-OH is 2. The van der Waals surface area contributed by atoms with Gasteiger partial charge in [0.05, 0.1) is 18.8 Å². The molecule has 0 aromatic carbocycles. The van der Waals surface area contributed by atoms with Gasteiger partial charge in [-0.3, -0.25) is 4.79 Å². The molecule has 0 spiro atoms. The van der Waals surface area contributed by atoms with E-state index in [2.05, 4.69) is 43.5 Å². The normalized spacial score (nSPS) is 13.2. The summed E-state index contributed by atoms with van der Waals surface area (Å²) in [6, 6.07) is -0.641. The molecule has 306 valence electrons. The zero-order valence-electron chi connectivity index (χ0n) is 35.1. The van der Waals surface area contributed by atoms with Gasteiger partial charge in [-0.05, 0) is 44.9 Å². The highest BCUT2D eigenvalue weighted by molar-refractivity contribution is 5.76. The summed E-state index contributed by atoms with van der Waals surface area (Å²) >= 11 is 0. The fraction of sp³-hybridized carbons (Fsp3) is 0.854. The molecule has 0 aromatic heterocycles. The second-order valence-corrected chi connectivity index (χ2v) is 15.8. The number of carbonyl (C=O) groups is 1. The van der Waals surface area contributed by atoms with Gasteiger partial charge in [-0.2, -0.15) is 0 Å². The zero-order chi connectivity index (χ0) is 37.8. The number of unbranched alkanes of at least 4 members (excludes halogenated alkanes) is 31. The number of carbonyl (C=O) groups excluding carboxylic acids is 1. The van der Waals surface area contributed by atoms with Crippen molar-refractivity contribution in [3.63, 3.8) is 0 Å². The minimum atomic E-state index is -0.866. The van der Waals surface area contributed by atoms with Crippen LogP contribution in [0.4, 0.5) is 0 Å². The first-order valence-electron chi connectivity index (χ1n) is 23.2. The third-order valence-corrected chi connectivity index (χ3v) is 10.6. The Morgan fingerprint density at radius 1 is 0.442 bits per heavy atom. The molecule has 0 fully saturated rings. The van der Waals surface area contributed by atoms with Gasteiger partial charge in [-0.1, -0.05) is 230 Å². The third-order valence-electron chi connectivity index (χ3n) is 10.6. The highest BCUT2D eigenvalue weighted by Crippen LogP contribution is 2.16. The maximum Gasteiger partial charge on any atom is 0.220 e. The van der Waals surface area contributed by atoms with Gasteiger partial charge in [-0.15, -0.1) is 0 Å². The minimum absolute atomic E-state index is 0.0787. The Labute approximate surface area is 325 Å². The Bertz CT molecular complexity index is 790. The van der Waals surface area contributed by atoms with Gasteiger partial charge in [0.15, 0.2) is 0 Å².